The second-order valence-electron chi connectivity index (χ2n) is 9.21. The molecule has 7 nitrogen and oxygen atoms in total. The van der Waals surface area contributed by atoms with Gasteiger partial charge in [0.2, 0.25) is 0 Å². The number of rotatable bonds is 5. The molecule has 2 aliphatic carbocycles. The van der Waals surface area contributed by atoms with Gasteiger partial charge in [-0.25, -0.2) is 18.4 Å². The zero-order valence-corrected chi connectivity index (χ0v) is 21.1. The molecular weight excluding hydrogens is 510 g/mol. The van der Waals surface area contributed by atoms with Crippen molar-refractivity contribution in [2.45, 2.75) is 36.0 Å². The number of carbonyl (C=O) groups is 1. The van der Waals surface area contributed by atoms with E-state index in [1.165, 1.54) is 24.3 Å². The number of Topliss-reactive ketones (excluding diaryl/α,β-unsaturated/α-hetero) is 1. The van der Waals surface area contributed by atoms with Gasteiger partial charge in [0, 0.05) is 11.4 Å². The van der Waals surface area contributed by atoms with Crippen LogP contribution in [0.3, 0.4) is 0 Å². The van der Waals surface area contributed by atoms with Gasteiger partial charge >= 0.3 is 0 Å². The van der Waals surface area contributed by atoms with E-state index in [-0.39, 0.29) is 33.5 Å². The fourth-order valence-corrected chi connectivity index (χ4v) is 6.52. The number of ketones is 1. The topological polar surface area (TPSA) is 124 Å². The van der Waals surface area contributed by atoms with Crippen LogP contribution in [0.2, 0.25) is 0 Å². The van der Waals surface area contributed by atoms with Crippen molar-refractivity contribution >= 4 is 23.6 Å². The summed E-state index contributed by atoms with van der Waals surface area (Å²) in [5.41, 5.74) is 3.12. The lowest BCUT2D eigenvalue weighted by atomic mass is 9.61. The van der Waals surface area contributed by atoms with Crippen molar-refractivity contribution in [3.8, 4) is 5.69 Å². The SMILES string of the molecule is O.O.O=C(c1ccc(F)cn1)[C@]12Cc3cnn(-c4ccc(F)cc4)c3C=C1CC[C@H](Sc1ccccn1)C2. The van der Waals surface area contributed by atoms with Crippen LogP contribution in [0.15, 0.2) is 83.8 Å². The van der Waals surface area contributed by atoms with Gasteiger partial charge in [0.15, 0.2) is 5.78 Å². The van der Waals surface area contributed by atoms with E-state index >= 15 is 0 Å². The molecule has 3 heterocycles. The average molecular weight is 537 g/mol. The molecule has 0 spiro atoms. The Morgan fingerprint density at radius 1 is 0.974 bits per heavy atom. The second-order valence-corrected chi connectivity index (χ2v) is 10.5. The Morgan fingerprint density at radius 3 is 2.47 bits per heavy atom. The average Bonchev–Trinajstić information content (AvgIpc) is 3.30. The van der Waals surface area contributed by atoms with Gasteiger partial charge in [-0.15, -0.1) is 11.8 Å². The van der Waals surface area contributed by atoms with Gasteiger partial charge in [-0.3, -0.25) is 9.78 Å². The van der Waals surface area contributed by atoms with Gasteiger partial charge in [0.05, 0.1) is 34.2 Å². The Labute approximate surface area is 222 Å². The van der Waals surface area contributed by atoms with E-state index in [4.69, 9.17) is 0 Å². The molecular formula is C28H26F2N4O3S. The maximum atomic E-state index is 14.1. The first-order valence-electron chi connectivity index (χ1n) is 11.8. The van der Waals surface area contributed by atoms with Gasteiger partial charge in [-0.1, -0.05) is 11.6 Å². The van der Waals surface area contributed by atoms with Crippen LogP contribution in [0.4, 0.5) is 8.78 Å². The van der Waals surface area contributed by atoms with Crippen LogP contribution in [-0.4, -0.2) is 41.7 Å². The molecule has 1 aromatic carbocycles. The fraction of sp³-hybridized carbons (Fsp3) is 0.214. The molecule has 0 amide bonds. The molecule has 10 heteroatoms. The van der Waals surface area contributed by atoms with Gasteiger partial charge in [0.25, 0.3) is 0 Å². The molecule has 0 bridgehead atoms. The van der Waals surface area contributed by atoms with E-state index in [9.17, 15) is 13.6 Å². The Morgan fingerprint density at radius 2 is 1.76 bits per heavy atom. The molecule has 38 heavy (non-hydrogen) atoms. The van der Waals surface area contributed by atoms with Gasteiger partial charge < -0.3 is 11.0 Å². The number of pyridine rings is 2. The summed E-state index contributed by atoms with van der Waals surface area (Å²) >= 11 is 1.69. The van der Waals surface area contributed by atoms with Crippen molar-refractivity contribution in [3.05, 3.63) is 107 Å². The predicted molar refractivity (Wildman–Crippen MR) is 141 cm³/mol. The standard InChI is InChI=1S/C28H22F2N4OS.2H2O/c29-20-5-8-22(9-6-20)34-25-13-19-4-10-23(36-26-3-1-2-12-31-26)15-28(19,14-18(25)16-33-34)27(35)24-11-7-21(30)17-32-24;;/h1-3,5-9,11-13,16-17,23H,4,10,14-15H2;2*1H2/t23-,28-;;/m0../s1. The van der Waals surface area contributed by atoms with Crippen molar-refractivity contribution < 1.29 is 24.5 Å². The smallest absolute Gasteiger partial charge is 0.191 e. The summed E-state index contributed by atoms with van der Waals surface area (Å²) in [4.78, 5) is 22.7. The molecule has 0 radical (unpaired) electrons. The number of benzene rings is 1. The summed E-state index contributed by atoms with van der Waals surface area (Å²) in [6.07, 6.45) is 9.47. The number of hydrogen-bond acceptors (Lipinski definition) is 5. The lowest BCUT2D eigenvalue weighted by Gasteiger charge is -2.43. The van der Waals surface area contributed by atoms with Crippen LogP contribution in [0.25, 0.3) is 11.8 Å². The predicted octanol–water partition coefficient (Wildman–Crippen LogP) is 4.44. The number of carbonyl (C=O) groups excluding carboxylic acids is 1. The van der Waals surface area contributed by atoms with E-state index < -0.39 is 11.2 Å². The third-order valence-corrected chi connectivity index (χ3v) is 8.23. The summed E-state index contributed by atoms with van der Waals surface area (Å²) in [5, 5.41) is 5.69. The Kier molecular flexibility index (Phi) is 7.86. The van der Waals surface area contributed by atoms with Crippen molar-refractivity contribution in [2.75, 3.05) is 0 Å². The maximum absolute atomic E-state index is 14.1. The summed E-state index contributed by atoms with van der Waals surface area (Å²) in [6.45, 7) is 0. The highest BCUT2D eigenvalue weighted by molar-refractivity contribution is 7.99. The van der Waals surface area contributed by atoms with Crippen LogP contribution in [0.1, 0.15) is 41.0 Å². The molecule has 196 valence electrons. The lowest BCUT2D eigenvalue weighted by Crippen LogP contribution is -2.43. The zero-order valence-electron chi connectivity index (χ0n) is 20.3. The highest BCUT2D eigenvalue weighted by Gasteiger charge is 2.49. The molecule has 4 N–H and O–H groups in total. The molecule has 3 aromatic heterocycles. The second kappa shape index (κ2) is 10.9. The van der Waals surface area contributed by atoms with E-state index in [1.54, 1.807) is 41.0 Å². The lowest BCUT2D eigenvalue weighted by molar-refractivity contribution is 0.0798. The van der Waals surface area contributed by atoms with Gasteiger partial charge in [-0.05, 0) is 85.9 Å². The Bertz CT molecular complexity index is 1460. The maximum Gasteiger partial charge on any atom is 0.191 e. The summed E-state index contributed by atoms with van der Waals surface area (Å²) < 4.78 is 28.9. The molecule has 0 saturated heterocycles. The highest BCUT2D eigenvalue weighted by atomic mass is 32.2. The Hall–Kier alpha value is -3.73. The van der Waals surface area contributed by atoms with Crippen LogP contribution < -0.4 is 0 Å². The largest absolute Gasteiger partial charge is 0.412 e. The van der Waals surface area contributed by atoms with Crippen LogP contribution in [-0.2, 0) is 6.42 Å². The van der Waals surface area contributed by atoms with E-state index in [0.29, 0.717) is 12.8 Å². The zero-order chi connectivity index (χ0) is 24.7. The van der Waals surface area contributed by atoms with E-state index in [1.807, 2.05) is 18.2 Å². The molecule has 2 atom stereocenters. The van der Waals surface area contributed by atoms with E-state index in [0.717, 1.165) is 46.6 Å². The number of nitrogens with zero attached hydrogens (tertiary/aromatic N) is 4. The minimum atomic E-state index is -0.792. The summed E-state index contributed by atoms with van der Waals surface area (Å²) in [5.74, 6) is -0.878. The first-order chi connectivity index (χ1) is 17.5. The van der Waals surface area contributed by atoms with Crippen molar-refractivity contribution in [2.24, 2.45) is 5.41 Å². The van der Waals surface area contributed by atoms with E-state index in [2.05, 4.69) is 21.1 Å². The number of fused-ring (bicyclic) bond motifs is 2. The van der Waals surface area contributed by atoms with Gasteiger partial charge in [0.1, 0.15) is 17.3 Å². The normalized spacial score (nSPS) is 19.7. The van der Waals surface area contributed by atoms with Crippen molar-refractivity contribution in [1.82, 2.24) is 19.7 Å². The number of halogens is 2. The van der Waals surface area contributed by atoms with Gasteiger partial charge in [-0.2, -0.15) is 5.10 Å². The van der Waals surface area contributed by atoms with Crippen molar-refractivity contribution in [3.63, 3.8) is 0 Å². The van der Waals surface area contributed by atoms with Crippen LogP contribution in [0, 0.1) is 17.0 Å². The Balaban J connectivity index is 0.00000168. The quantitative estimate of drug-likeness (QED) is 0.349. The van der Waals surface area contributed by atoms with Crippen LogP contribution >= 0.6 is 11.8 Å². The fourth-order valence-electron chi connectivity index (χ4n) is 5.30. The first kappa shape index (κ1) is 27.3. The number of allylic oxidation sites excluding steroid dienone is 1. The number of aromatic nitrogens is 4. The minimum absolute atomic E-state index is 0. The third-order valence-electron chi connectivity index (χ3n) is 7.01. The molecule has 0 unspecified atom stereocenters. The summed E-state index contributed by atoms with van der Waals surface area (Å²) in [7, 11) is 0. The molecule has 2 aliphatic rings. The molecule has 6 rings (SSSR count). The molecule has 0 aliphatic heterocycles. The van der Waals surface area contributed by atoms with Crippen molar-refractivity contribution in [1.29, 1.82) is 0 Å². The highest BCUT2D eigenvalue weighted by Crippen LogP contribution is 2.52. The minimum Gasteiger partial charge on any atom is -0.412 e. The molecule has 1 saturated carbocycles. The number of thioether (sulfide) groups is 1. The molecule has 1 fully saturated rings. The number of hydrogen-bond donors (Lipinski definition) is 0. The summed E-state index contributed by atoms with van der Waals surface area (Å²) in [6, 6.07) is 14.8. The first-order valence-corrected chi connectivity index (χ1v) is 12.7. The third kappa shape index (κ3) is 4.90. The van der Waals surface area contributed by atoms with Crippen LogP contribution in [0.5, 0.6) is 0 Å². The monoisotopic (exact) mass is 536 g/mol. The molecule has 4 aromatic rings.